The first-order valence-electron chi connectivity index (χ1n) is 3.22. The maximum absolute atomic E-state index is 12.8. The van der Waals surface area contributed by atoms with Crippen molar-refractivity contribution in [2.45, 2.75) is 6.92 Å². The van der Waals surface area contributed by atoms with E-state index in [1.807, 2.05) is 6.07 Å². The molecule has 0 saturated carbocycles. The summed E-state index contributed by atoms with van der Waals surface area (Å²) in [5.74, 6) is -0.693. The Balaban J connectivity index is 3.39. The van der Waals surface area contributed by atoms with Crippen molar-refractivity contribution in [1.29, 1.82) is 5.26 Å². The number of rotatable bonds is 1. The van der Waals surface area contributed by atoms with E-state index in [4.69, 9.17) is 5.26 Å². The predicted octanol–water partition coefficient (Wildman–Crippen LogP) is 2.40. The molecule has 1 aromatic carbocycles. The number of aryl methyl sites for hydroxylation is 1. The van der Waals surface area contributed by atoms with E-state index in [-0.39, 0.29) is 11.3 Å². The fourth-order valence-corrected chi connectivity index (χ4v) is 0.852. The molecule has 0 atom stereocenters. The highest BCUT2D eigenvalue weighted by atomic mass is 19.1. The van der Waals surface area contributed by atoms with Crippen LogP contribution in [-0.4, -0.2) is 0 Å². The summed E-state index contributed by atoms with van der Waals surface area (Å²) < 4.78 is 12.8. The minimum atomic E-state index is -0.693. The van der Waals surface area contributed by atoms with Crippen LogP contribution in [0.1, 0.15) is 11.1 Å². The first-order chi connectivity index (χ1) is 5.69. The summed E-state index contributed by atoms with van der Waals surface area (Å²) in [7, 11) is 0. The monoisotopic (exact) mass is 164 g/mol. The van der Waals surface area contributed by atoms with Gasteiger partial charge in [0.2, 0.25) is 0 Å². The number of hydrogen-bond acceptors (Lipinski definition) is 3. The molecular formula is C8H5FN2O. The summed E-state index contributed by atoms with van der Waals surface area (Å²) in [6, 6.07) is 4.09. The van der Waals surface area contributed by atoms with E-state index in [1.165, 1.54) is 0 Å². The fraction of sp³-hybridized carbons (Fsp3) is 0.125. The van der Waals surface area contributed by atoms with E-state index in [1.54, 1.807) is 6.92 Å². The summed E-state index contributed by atoms with van der Waals surface area (Å²) in [6.07, 6.45) is 0. The summed E-state index contributed by atoms with van der Waals surface area (Å²) in [5, 5.41) is 11.0. The highest BCUT2D eigenvalue weighted by Crippen LogP contribution is 2.21. The topological polar surface area (TPSA) is 53.2 Å². The Labute approximate surface area is 68.4 Å². The molecule has 0 saturated heterocycles. The zero-order valence-electron chi connectivity index (χ0n) is 6.34. The quantitative estimate of drug-likeness (QED) is 0.598. The van der Waals surface area contributed by atoms with Crippen LogP contribution in [0.3, 0.4) is 0 Å². The van der Waals surface area contributed by atoms with Gasteiger partial charge in [-0.15, -0.1) is 4.91 Å². The standard InChI is InChI=1S/C8H5FN2O/c1-5-2-7(9)8(11-12)3-6(5)4-10/h2-3H,1H3. The van der Waals surface area contributed by atoms with E-state index >= 15 is 0 Å². The number of nitroso groups, excluding NO2 is 1. The maximum Gasteiger partial charge on any atom is 0.152 e. The number of halogens is 1. The third-order valence-corrected chi connectivity index (χ3v) is 1.51. The molecule has 0 N–H and O–H groups in total. The number of benzene rings is 1. The number of nitriles is 1. The smallest absolute Gasteiger partial charge is 0.152 e. The molecule has 0 aliphatic rings. The Bertz CT molecular complexity index is 368. The second-order valence-corrected chi connectivity index (χ2v) is 2.32. The number of hydrogen-bond donors (Lipinski definition) is 0. The Hall–Kier alpha value is -1.76. The van der Waals surface area contributed by atoms with Crippen molar-refractivity contribution in [2.75, 3.05) is 0 Å². The SMILES string of the molecule is Cc1cc(F)c(N=O)cc1C#N. The van der Waals surface area contributed by atoms with Gasteiger partial charge in [-0.3, -0.25) is 0 Å². The van der Waals surface area contributed by atoms with Crippen LogP contribution in [0.25, 0.3) is 0 Å². The molecule has 60 valence electrons. The van der Waals surface area contributed by atoms with E-state index in [9.17, 15) is 9.30 Å². The van der Waals surface area contributed by atoms with Crippen LogP contribution >= 0.6 is 0 Å². The van der Waals surface area contributed by atoms with Crippen molar-refractivity contribution in [1.82, 2.24) is 0 Å². The van der Waals surface area contributed by atoms with Gasteiger partial charge in [0.1, 0.15) is 5.69 Å². The minimum Gasteiger partial charge on any atom is -0.204 e. The van der Waals surface area contributed by atoms with E-state index in [2.05, 4.69) is 5.18 Å². The van der Waals surface area contributed by atoms with Crippen LogP contribution in [0, 0.1) is 29.0 Å². The van der Waals surface area contributed by atoms with Gasteiger partial charge in [-0.05, 0) is 29.8 Å². The molecule has 0 spiro atoms. The lowest BCUT2D eigenvalue weighted by atomic mass is 10.1. The lowest BCUT2D eigenvalue weighted by molar-refractivity contribution is 0.628. The highest BCUT2D eigenvalue weighted by Gasteiger charge is 2.06. The van der Waals surface area contributed by atoms with Gasteiger partial charge in [0.25, 0.3) is 0 Å². The molecule has 0 aliphatic carbocycles. The minimum absolute atomic E-state index is 0.269. The van der Waals surface area contributed by atoms with Crippen molar-refractivity contribution in [3.63, 3.8) is 0 Å². The fourth-order valence-electron chi connectivity index (χ4n) is 0.852. The van der Waals surface area contributed by atoms with E-state index in [0.717, 1.165) is 12.1 Å². The van der Waals surface area contributed by atoms with Crippen molar-refractivity contribution < 1.29 is 4.39 Å². The normalized spacial score (nSPS) is 9.08. The molecule has 0 radical (unpaired) electrons. The summed E-state index contributed by atoms with van der Waals surface area (Å²) >= 11 is 0. The third-order valence-electron chi connectivity index (χ3n) is 1.51. The first-order valence-corrected chi connectivity index (χ1v) is 3.22. The molecule has 1 rings (SSSR count). The molecule has 1 aromatic rings. The molecule has 12 heavy (non-hydrogen) atoms. The Kier molecular flexibility index (Phi) is 2.15. The second-order valence-electron chi connectivity index (χ2n) is 2.32. The molecule has 3 nitrogen and oxygen atoms in total. The van der Waals surface area contributed by atoms with Gasteiger partial charge in [0.05, 0.1) is 11.6 Å². The van der Waals surface area contributed by atoms with Crippen LogP contribution in [0.5, 0.6) is 0 Å². The molecule has 4 heteroatoms. The maximum atomic E-state index is 12.8. The molecule has 0 bridgehead atoms. The zero-order chi connectivity index (χ0) is 9.14. The van der Waals surface area contributed by atoms with Gasteiger partial charge in [-0.1, -0.05) is 0 Å². The summed E-state index contributed by atoms with van der Waals surface area (Å²) in [5.41, 5.74) is 0.450. The predicted molar refractivity (Wildman–Crippen MR) is 41.3 cm³/mol. The van der Waals surface area contributed by atoms with Gasteiger partial charge in [-0.2, -0.15) is 5.26 Å². The Morgan fingerprint density at radius 1 is 1.58 bits per heavy atom. The summed E-state index contributed by atoms with van der Waals surface area (Å²) in [4.78, 5) is 10.0. The largest absolute Gasteiger partial charge is 0.204 e. The lowest BCUT2D eigenvalue weighted by Gasteiger charge is -1.97. The van der Waals surface area contributed by atoms with Gasteiger partial charge < -0.3 is 0 Å². The van der Waals surface area contributed by atoms with Crippen LogP contribution in [-0.2, 0) is 0 Å². The molecule has 0 aliphatic heterocycles. The van der Waals surface area contributed by atoms with Crippen molar-refractivity contribution >= 4 is 5.69 Å². The van der Waals surface area contributed by atoms with Gasteiger partial charge >= 0.3 is 0 Å². The second kappa shape index (κ2) is 3.09. The summed E-state index contributed by atoms with van der Waals surface area (Å²) in [6.45, 7) is 1.59. The van der Waals surface area contributed by atoms with Crippen LogP contribution < -0.4 is 0 Å². The van der Waals surface area contributed by atoms with Crippen molar-refractivity contribution in [3.05, 3.63) is 34.0 Å². The Morgan fingerprint density at radius 3 is 2.75 bits per heavy atom. The average Bonchev–Trinajstić information content (AvgIpc) is 2.05. The average molecular weight is 164 g/mol. The van der Waals surface area contributed by atoms with Crippen LogP contribution in [0.4, 0.5) is 10.1 Å². The molecular weight excluding hydrogens is 159 g/mol. The van der Waals surface area contributed by atoms with Gasteiger partial charge in [-0.25, -0.2) is 4.39 Å². The van der Waals surface area contributed by atoms with Gasteiger partial charge in [0.15, 0.2) is 5.82 Å². The zero-order valence-corrected chi connectivity index (χ0v) is 6.34. The molecule has 0 heterocycles. The van der Waals surface area contributed by atoms with Gasteiger partial charge in [0, 0.05) is 0 Å². The van der Waals surface area contributed by atoms with Crippen LogP contribution in [0.2, 0.25) is 0 Å². The van der Waals surface area contributed by atoms with E-state index < -0.39 is 5.82 Å². The first kappa shape index (κ1) is 8.34. The van der Waals surface area contributed by atoms with Crippen LogP contribution in [0.15, 0.2) is 17.3 Å². The van der Waals surface area contributed by atoms with E-state index in [0.29, 0.717) is 5.56 Å². The Morgan fingerprint density at radius 2 is 2.25 bits per heavy atom. The highest BCUT2D eigenvalue weighted by molar-refractivity contribution is 5.49. The third kappa shape index (κ3) is 1.30. The molecule has 0 unspecified atom stereocenters. The molecule has 0 amide bonds. The molecule has 0 aromatic heterocycles. The number of nitrogens with zero attached hydrogens (tertiary/aromatic N) is 2. The molecule has 0 fully saturated rings. The van der Waals surface area contributed by atoms with Crippen molar-refractivity contribution in [2.24, 2.45) is 5.18 Å². The lowest BCUT2D eigenvalue weighted by Crippen LogP contribution is -1.84. The van der Waals surface area contributed by atoms with Crippen molar-refractivity contribution in [3.8, 4) is 6.07 Å².